The minimum atomic E-state index is 0.528. The van der Waals surface area contributed by atoms with Gasteiger partial charge in [0, 0.05) is 23.0 Å². The van der Waals surface area contributed by atoms with Crippen molar-refractivity contribution in [3.05, 3.63) is 11.8 Å². The van der Waals surface area contributed by atoms with Crippen LogP contribution < -0.4 is 10.6 Å². The second kappa shape index (κ2) is 6.58. The highest BCUT2D eigenvalue weighted by molar-refractivity contribution is 6.21. The van der Waals surface area contributed by atoms with E-state index in [1.54, 1.807) is 0 Å². The summed E-state index contributed by atoms with van der Waals surface area (Å²) in [6.45, 7) is 10.2. The molecule has 11 heavy (non-hydrogen) atoms. The van der Waals surface area contributed by atoms with Gasteiger partial charge >= 0.3 is 0 Å². The monoisotopic (exact) mass is 172 g/mol. The predicted molar refractivity (Wildman–Crippen MR) is 54.8 cm³/mol. The predicted octanol–water partition coefficient (Wildman–Crippen LogP) is -0.199. The van der Waals surface area contributed by atoms with E-state index in [2.05, 4.69) is 31.1 Å². The molecule has 1 atom stereocenters. The summed E-state index contributed by atoms with van der Waals surface area (Å²) in [5, 5.41) is 7.98. The molecule has 0 aromatic rings. The summed E-state index contributed by atoms with van der Waals surface area (Å²) in [6, 6.07) is 0.528. The van der Waals surface area contributed by atoms with Gasteiger partial charge in [0.2, 0.25) is 0 Å². The average Bonchev–Trinajstić information content (AvgIpc) is 1.97. The third kappa shape index (κ3) is 5.18. The van der Waals surface area contributed by atoms with Gasteiger partial charge in [-0.1, -0.05) is 19.0 Å². The average molecular weight is 172 g/mol. The molecular weight excluding hydrogens is 152 g/mol. The van der Waals surface area contributed by atoms with Crippen LogP contribution in [0.15, 0.2) is 11.8 Å². The van der Waals surface area contributed by atoms with E-state index in [0.717, 1.165) is 29.9 Å². The first-order chi connectivity index (χ1) is 5.22. The summed E-state index contributed by atoms with van der Waals surface area (Å²) in [5.74, 6) is 0. The molecule has 66 valence electrons. The summed E-state index contributed by atoms with van der Waals surface area (Å²) >= 11 is 0. The number of nitrogens with one attached hydrogen (secondary N) is 2. The van der Waals surface area contributed by atoms with Crippen LogP contribution in [0.4, 0.5) is 0 Å². The molecule has 0 rings (SSSR count). The van der Waals surface area contributed by atoms with Crippen LogP contribution in [0.5, 0.6) is 0 Å². The van der Waals surface area contributed by atoms with Crippen LogP contribution in [-0.4, -0.2) is 29.5 Å². The Morgan fingerprint density at radius 2 is 2.18 bits per heavy atom. The Labute approximate surface area is 72.9 Å². The molecule has 0 aliphatic heterocycles. The molecule has 0 aromatic carbocycles. The molecule has 0 amide bonds. The molecule has 0 spiro atoms. The van der Waals surface area contributed by atoms with Gasteiger partial charge in [0.1, 0.15) is 0 Å². The van der Waals surface area contributed by atoms with E-state index in [0.29, 0.717) is 6.04 Å². The van der Waals surface area contributed by atoms with E-state index in [1.165, 1.54) is 5.20 Å². The maximum Gasteiger partial charge on any atom is 0.0458 e. The van der Waals surface area contributed by atoms with Crippen LogP contribution in [0.1, 0.15) is 20.3 Å². The second-order valence-electron chi connectivity index (χ2n) is 2.79. The van der Waals surface area contributed by atoms with Gasteiger partial charge in [0.05, 0.1) is 0 Å². The first kappa shape index (κ1) is 10.9. The van der Waals surface area contributed by atoms with E-state index in [4.69, 9.17) is 0 Å². The smallest absolute Gasteiger partial charge is 0.0458 e. The molecule has 1 unspecified atom stereocenters. The molecule has 2 N–H and O–H groups in total. The quantitative estimate of drug-likeness (QED) is 0.329. The lowest BCUT2D eigenvalue weighted by Crippen LogP contribution is -2.37. The molecule has 2 nitrogen and oxygen atoms in total. The SMILES string of the molecule is C=C([SiH3])C(CC)NCNCC. The van der Waals surface area contributed by atoms with Crippen molar-refractivity contribution in [2.24, 2.45) is 0 Å². The summed E-state index contributed by atoms with van der Waals surface area (Å²) in [4.78, 5) is 0. The molecule has 0 heterocycles. The van der Waals surface area contributed by atoms with Crippen molar-refractivity contribution in [3.63, 3.8) is 0 Å². The number of hydrogen-bond donors (Lipinski definition) is 2. The van der Waals surface area contributed by atoms with Crippen molar-refractivity contribution >= 4 is 10.2 Å². The first-order valence-corrected chi connectivity index (χ1v) is 5.31. The zero-order chi connectivity index (χ0) is 8.69. The molecular formula is C8H20N2Si. The summed E-state index contributed by atoms with van der Waals surface area (Å²) in [5.41, 5.74) is 0. The van der Waals surface area contributed by atoms with Crippen LogP contribution in [0.2, 0.25) is 0 Å². The first-order valence-electron chi connectivity index (χ1n) is 4.31. The maximum atomic E-state index is 3.98. The maximum absolute atomic E-state index is 3.98. The molecule has 0 bridgehead atoms. The highest BCUT2D eigenvalue weighted by atomic mass is 28.1. The Hall–Kier alpha value is -0.123. The Balaban J connectivity index is 3.44. The highest BCUT2D eigenvalue weighted by Crippen LogP contribution is 1.97. The molecule has 3 heteroatoms. The summed E-state index contributed by atoms with van der Waals surface area (Å²) in [7, 11) is 1.10. The molecule has 0 aliphatic rings. The molecule has 0 aromatic heterocycles. The van der Waals surface area contributed by atoms with Crippen molar-refractivity contribution in [2.75, 3.05) is 13.2 Å². The second-order valence-corrected chi connectivity index (χ2v) is 4.08. The van der Waals surface area contributed by atoms with Crippen molar-refractivity contribution in [2.45, 2.75) is 26.3 Å². The zero-order valence-corrected chi connectivity index (χ0v) is 9.91. The fourth-order valence-corrected chi connectivity index (χ4v) is 1.60. The fraction of sp³-hybridized carbons (Fsp3) is 0.750. The molecule has 0 fully saturated rings. The number of rotatable bonds is 6. The van der Waals surface area contributed by atoms with Crippen LogP contribution >= 0.6 is 0 Å². The molecule has 0 radical (unpaired) electrons. The normalized spacial score (nSPS) is 13.3. The van der Waals surface area contributed by atoms with E-state index < -0.39 is 0 Å². The Bertz CT molecular complexity index is 115. The van der Waals surface area contributed by atoms with Gasteiger partial charge in [-0.2, -0.15) is 0 Å². The zero-order valence-electron chi connectivity index (χ0n) is 7.91. The van der Waals surface area contributed by atoms with Crippen molar-refractivity contribution < 1.29 is 0 Å². The van der Waals surface area contributed by atoms with Gasteiger partial charge in [-0.25, -0.2) is 0 Å². The Morgan fingerprint density at radius 3 is 2.55 bits per heavy atom. The molecule has 0 aliphatic carbocycles. The summed E-state index contributed by atoms with van der Waals surface area (Å²) in [6.07, 6.45) is 1.15. The van der Waals surface area contributed by atoms with Gasteiger partial charge in [0.15, 0.2) is 0 Å². The lowest BCUT2D eigenvalue weighted by molar-refractivity contribution is 0.526. The van der Waals surface area contributed by atoms with Crippen LogP contribution in [-0.2, 0) is 0 Å². The third-order valence-electron chi connectivity index (χ3n) is 1.73. The van der Waals surface area contributed by atoms with E-state index in [1.807, 2.05) is 0 Å². The minimum absolute atomic E-state index is 0.528. The lowest BCUT2D eigenvalue weighted by Gasteiger charge is -2.16. The minimum Gasteiger partial charge on any atom is -0.305 e. The van der Waals surface area contributed by atoms with Crippen molar-refractivity contribution in [3.8, 4) is 0 Å². The molecule has 0 saturated carbocycles. The van der Waals surface area contributed by atoms with Gasteiger partial charge in [-0.3, -0.25) is 5.32 Å². The largest absolute Gasteiger partial charge is 0.305 e. The van der Waals surface area contributed by atoms with E-state index in [9.17, 15) is 0 Å². The van der Waals surface area contributed by atoms with Crippen molar-refractivity contribution in [1.29, 1.82) is 0 Å². The number of hydrogen-bond acceptors (Lipinski definition) is 2. The van der Waals surface area contributed by atoms with Gasteiger partial charge in [-0.05, 0) is 13.0 Å². The third-order valence-corrected chi connectivity index (χ3v) is 2.42. The molecule has 0 saturated heterocycles. The van der Waals surface area contributed by atoms with Crippen LogP contribution in [0, 0.1) is 0 Å². The Morgan fingerprint density at radius 1 is 1.55 bits per heavy atom. The highest BCUT2D eigenvalue weighted by Gasteiger charge is 2.02. The standard InChI is InChI=1S/C8H20N2Si/c1-4-8(7(3)11)10-6-9-5-2/h8-10H,3-6H2,1-2,11H3. The van der Waals surface area contributed by atoms with E-state index >= 15 is 0 Å². The Kier molecular flexibility index (Phi) is 6.50. The summed E-state index contributed by atoms with van der Waals surface area (Å²) < 4.78 is 0. The van der Waals surface area contributed by atoms with Gasteiger partial charge in [-0.15, -0.1) is 6.58 Å². The van der Waals surface area contributed by atoms with Gasteiger partial charge in [0.25, 0.3) is 0 Å². The van der Waals surface area contributed by atoms with Crippen LogP contribution in [0.25, 0.3) is 0 Å². The lowest BCUT2D eigenvalue weighted by atomic mass is 10.2. The van der Waals surface area contributed by atoms with Crippen molar-refractivity contribution in [1.82, 2.24) is 10.6 Å². The van der Waals surface area contributed by atoms with Gasteiger partial charge < -0.3 is 5.32 Å². The fourth-order valence-electron chi connectivity index (χ4n) is 0.987. The van der Waals surface area contributed by atoms with Crippen LogP contribution in [0.3, 0.4) is 0 Å². The topological polar surface area (TPSA) is 24.1 Å². The van der Waals surface area contributed by atoms with E-state index in [-0.39, 0.29) is 0 Å².